The van der Waals surface area contributed by atoms with Crippen LogP contribution >= 0.6 is 12.4 Å². The van der Waals surface area contributed by atoms with Gasteiger partial charge in [-0.2, -0.15) is 0 Å². The van der Waals surface area contributed by atoms with Crippen molar-refractivity contribution < 1.29 is 23.8 Å². The lowest BCUT2D eigenvalue weighted by molar-refractivity contribution is -0.164. The first-order valence-electron chi connectivity index (χ1n) is 6.19. The molecule has 0 heterocycles. The Morgan fingerprint density at radius 2 is 1.45 bits per heavy atom. The summed E-state index contributed by atoms with van der Waals surface area (Å²) in [5.41, 5.74) is 4.43. The lowest BCUT2D eigenvalue weighted by Gasteiger charge is -2.22. The second-order valence-corrected chi connectivity index (χ2v) is 6.24. The lowest BCUT2D eigenvalue weighted by Crippen LogP contribution is -2.41. The Bertz CT molecular complexity index is 320. The van der Waals surface area contributed by atoms with Gasteiger partial charge in [0, 0.05) is 0 Å². The summed E-state index contributed by atoms with van der Waals surface area (Å²) in [5, 5.41) is 0. The molecule has 20 heavy (non-hydrogen) atoms. The topological polar surface area (TPSA) is 87.9 Å². The summed E-state index contributed by atoms with van der Waals surface area (Å²) in [6.07, 6.45) is 0. The van der Waals surface area contributed by atoms with Crippen LogP contribution in [0.25, 0.3) is 0 Å². The first-order chi connectivity index (χ1) is 8.41. The van der Waals surface area contributed by atoms with Crippen molar-refractivity contribution in [3.8, 4) is 0 Å². The number of hydrogen-bond acceptors (Lipinski definition) is 6. The molecule has 6 nitrogen and oxygen atoms in total. The van der Waals surface area contributed by atoms with Crippen molar-refractivity contribution in [2.45, 2.75) is 58.8 Å². The van der Waals surface area contributed by atoms with E-state index >= 15 is 0 Å². The van der Waals surface area contributed by atoms with Crippen LogP contribution in [0.3, 0.4) is 0 Å². The molecule has 0 spiro atoms. The highest BCUT2D eigenvalue weighted by molar-refractivity contribution is 5.85. The van der Waals surface area contributed by atoms with E-state index in [0.717, 1.165) is 0 Å². The van der Waals surface area contributed by atoms with Gasteiger partial charge in [-0.15, -0.1) is 12.4 Å². The van der Waals surface area contributed by atoms with Crippen molar-refractivity contribution in [2.24, 2.45) is 5.73 Å². The molecule has 0 saturated heterocycles. The number of ether oxygens (including phenoxy) is 3. The first-order valence-corrected chi connectivity index (χ1v) is 6.19. The minimum atomic E-state index is -0.915. The normalized spacial score (nSPS) is 13.2. The molecular formula is C13H26ClNO5. The molecule has 0 saturated carbocycles. The van der Waals surface area contributed by atoms with Gasteiger partial charge in [0.25, 0.3) is 0 Å². The molecule has 0 aromatic heterocycles. The fraction of sp³-hybridized carbons (Fsp3) is 0.846. The summed E-state index contributed by atoms with van der Waals surface area (Å²) < 4.78 is 15.2. The van der Waals surface area contributed by atoms with Crippen LogP contribution < -0.4 is 5.73 Å². The molecule has 7 heteroatoms. The third-order valence-electron chi connectivity index (χ3n) is 1.65. The maximum absolute atomic E-state index is 11.5. The van der Waals surface area contributed by atoms with Crippen molar-refractivity contribution in [1.29, 1.82) is 0 Å². The Morgan fingerprint density at radius 3 is 1.85 bits per heavy atom. The minimum Gasteiger partial charge on any atom is -0.459 e. The van der Waals surface area contributed by atoms with E-state index in [2.05, 4.69) is 0 Å². The second kappa shape index (κ2) is 8.44. The summed E-state index contributed by atoms with van der Waals surface area (Å²) in [4.78, 5) is 22.9. The van der Waals surface area contributed by atoms with Crippen molar-refractivity contribution in [2.75, 3.05) is 13.2 Å². The fourth-order valence-electron chi connectivity index (χ4n) is 1.09. The molecule has 0 radical (unpaired) electrons. The third kappa shape index (κ3) is 12.2. The number of rotatable bonds is 5. The van der Waals surface area contributed by atoms with E-state index in [1.807, 2.05) is 0 Å². The van der Waals surface area contributed by atoms with Gasteiger partial charge in [-0.1, -0.05) is 0 Å². The Labute approximate surface area is 126 Å². The molecule has 0 fully saturated rings. The zero-order valence-electron chi connectivity index (χ0n) is 13.0. The first kappa shape index (κ1) is 21.4. The number of nitrogens with two attached hydrogens (primary N) is 1. The van der Waals surface area contributed by atoms with Gasteiger partial charge in [-0.25, -0.2) is 4.79 Å². The number of esters is 2. The Kier molecular flexibility index (Phi) is 9.05. The largest absolute Gasteiger partial charge is 0.459 e. The predicted molar refractivity (Wildman–Crippen MR) is 77.7 cm³/mol. The quantitative estimate of drug-likeness (QED) is 0.773. The zero-order chi connectivity index (χ0) is 15.3. The molecule has 120 valence electrons. The van der Waals surface area contributed by atoms with E-state index < -0.39 is 29.2 Å². The van der Waals surface area contributed by atoms with Gasteiger partial charge in [0.05, 0.1) is 6.61 Å². The van der Waals surface area contributed by atoms with Crippen molar-refractivity contribution in [1.82, 2.24) is 0 Å². The van der Waals surface area contributed by atoms with Crippen molar-refractivity contribution in [3.05, 3.63) is 0 Å². The summed E-state index contributed by atoms with van der Waals surface area (Å²) in [6, 6.07) is -0.915. The molecule has 0 amide bonds. The zero-order valence-corrected chi connectivity index (χ0v) is 13.8. The molecule has 1 unspecified atom stereocenters. The van der Waals surface area contributed by atoms with Crippen LogP contribution in [0.4, 0.5) is 0 Å². The van der Waals surface area contributed by atoms with Gasteiger partial charge in [0.1, 0.15) is 23.9 Å². The van der Waals surface area contributed by atoms with E-state index in [9.17, 15) is 9.59 Å². The fourth-order valence-corrected chi connectivity index (χ4v) is 1.09. The van der Waals surface area contributed by atoms with Crippen LogP contribution in [0.1, 0.15) is 41.5 Å². The molecular weight excluding hydrogens is 286 g/mol. The average Bonchev–Trinajstić information content (AvgIpc) is 2.11. The molecule has 0 aromatic carbocycles. The Hall–Kier alpha value is -0.850. The van der Waals surface area contributed by atoms with Crippen LogP contribution in [0.5, 0.6) is 0 Å². The summed E-state index contributed by atoms with van der Waals surface area (Å²) in [5.74, 6) is -1.06. The van der Waals surface area contributed by atoms with Gasteiger partial charge in [-0.3, -0.25) is 4.79 Å². The van der Waals surface area contributed by atoms with E-state index in [1.54, 1.807) is 41.5 Å². The SMILES string of the molecule is CC(C)(C)OC(=O)COCC(N)C(=O)OC(C)(C)C.Cl. The van der Waals surface area contributed by atoms with Crippen LogP contribution in [0.15, 0.2) is 0 Å². The number of carbonyl (C=O) groups excluding carboxylic acids is 2. The molecule has 0 aliphatic rings. The highest BCUT2D eigenvalue weighted by atomic mass is 35.5. The summed E-state index contributed by atoms with van der Waals surface area (Å²) in [6.45, 7) is 10.2. The van der Waals surface area contributed by atoms with Gasteiger partial charge < -0.3 is 19.9 Å². The Balaban J connectivity index is 0. The molecule has 0 bridgehead atoms. The standard InChI is InChI=1S/C13H25NO5.ClH/c1-12(2,3)18-10(15)8-17-7-9(14)11(16)19-13(4,5)6;/h9H,7-8,14H2,1-6H3;1H. The monoisotopic (exact) mass is 311 g/mol. The van der Waals surface area contributed by atoms with Crippen LogP contribution in [-0.2, 0) is 23.8 Å². The van der Waals surface area contributed by atoms with Gasteiger partial charge in [-0.05, 0) is 41.5 Å². The Morgan fingerprint density at radius 1 is 1.00 bits per heavy atom. The van der Waals surface area contributed by atoms with Crippen LogP contribution in [0, 0.1) is 0 Å². The number of halogens is 1. The minimum absolute atomic E-state index is 0. The van der Waals surface area contributed by atoms with E-state index in [-0.39, 0.29) is 25.6 Å². The van der Waals surface area contributed by atoms with E-state index in [0.29, 0.717) is 0 Å². The van der Waals surface area contributed by atoms with Crippen LogP contribution in [0.2, 0.25) is 0 Å². The maximum Gasteiger partial charge on any atom is 0.332 e. The third-order valence-corrected chi connectivity index (χ3v) is 1.65. The lowest BCUT2D eigenvalue weighted by atomic mass is 10.2. The highest BCUT2D eigenvalue weighted by Crippen LogP contribution is 2.08. The molecule has 0 aliphatic carbocycles. The number of carbonyl (C=O) groups is 2. The summed E-state index contributed by atoms with van der Waals surface area (Å²) >= 11 is 0. The molecule has 2 N–H and O–H groups in total. The van der Waals surface area contributed by atoms with Gasteiger partial charge in [0.15, 0.2) is 0 Å². The predicted octanol–water partition coefficient (Wildman–Crippen LogP) is 1.44. The average molecular weight is 312 g/mol. The number of hydrogen-bond donors (Lipinski definition) is 1. The van der Waals surface area contributed by atoms with Gasteiger partial charge >= 0.3 is 11.9 Å². The highest BCUT2D eigenvalue weighted by Gasteiger charge is 2.23. The van der Waals surface area contributed by atoms with E-state index in [4.69, 9.17) is 19.9 Å². The van der Waals surface area contributed by atoms with Crippen molar-refractivity contribution >= 4 is 24.3 Å². The van der Waals surface area contributed by atoms with Crippen molar-refractivity contribution in [3.63, 3.8) is 0 Å². The van der Waals surface area contributed by atoms with Crippen LogP contribution in [-0.4, -0.2) is 42.4 Å². The second-order valence-electron chi connectivity index (χ2n) is 6.24. The summed E-state index contributed by atoms with van der Waals surface area (Å²) in [7, 11) is 0. The molecule has 0 aromatic rings. The molecule has 0 rings (SSSR count). The molecule has 0 aliphatic heterocycles. The smallest absolute Gasteiger partial charge is 0.332 e. The van der Waals surface area contributed by atoms with Gasteiger partial charge in [0.2, 0.25) is 0 Å². The maximum atomic E-state index is 11.5. The van der Waals surface area contributed by atoms with E-state index in [1.165, 1.54) is 0 Å². The molecule has 1 atom stereocenters.